The van der Waals surface area contributed by atoms with E-state index in [1.807, 2.05) is 24.3 Å². The van der Waals surface area contributed by atoms with E-state index in [0.29, 0.717) is 36.4 Å². The van der Waals surface area contributed by atoms with Crippen molar-refractivity contribution in [3.8, 4) is 5.75 Å². The van der Waals surface area contributed by atoms with Crippen molar-refractivity contribution in [1.29, 1.82) is 0 Å². The lowest BCUT2D eigenvalue weighted by Crippen LogP contribution is -2.19. The molecule has 0 bridgehead atoms. The van der Waals surface area contributed by atoms with Crippen LogP contribution < -0.4 is 10.1 Å². The molecule has 7 nitrogen and oxygen atoms in total. The number of nitro benzene ring substituents is 1. The van der Waals surface area contributed by atoms with Crippen molar-refractivity contribution < 1.29 is 14.5 Å². The molecule has 1 aliphatic heterocycles. The van der Waals surface area contributed by atoms with Crippen molar-refractivity contribution in [1.82, 2.24) is 5.32 Å². The van der Waals surface area contributed by atoms with Crippen LogP contribution in [0, 0.1) is 10.1 Å². The standard InChI is InChI=1S/C25H19BrClN3O4S/c1-2-15-6-8-18(9-7-15)28-25-29-24(31)22(35-25)13-17-11-20(26)23(21(27)12-17)34-14-16-4-3-5-19(10-16)30(32)33/h3-13H,2,14H2,1H3,(H,28,29,31)/b22-13-. The van der Waals surface area contributed by atoms with Crippen LogP contribution in [0.25, 0.3) is 6.08 Å². The molecule has 1 amide bonds. The van der Waals surface area contributed by atoms with Gasteiger partial charge in [-0.25, -0.2) is 4.99 Å². The van der Waals surface area contributed by atoms with Crippen LogP contribution in [0.4, 0.5) is 11.4 Å². The number of nitro groups is 1. The summed E-state index contributed by atoms with van der Waals surface area (Å²) in [5.74, 6) is 0.166. The molecule has 1 heterocycles. The van der Waals surface area contributed by atoms with Gasteiger partial charge < -0.3 is 10.1 Å². The maximum Gasteiger partial charge on any atom is 0.269 e. The Morgan fingerprint density at radius 2 is 1.94 bits per heavy atom. The van der Waals surface area contributed by atoms with Crippen LogP contribution >= 0.6 is 39.3 Å². The Balaban J connectivity index is 1.48. The SMILES string of the molecule is CCc1ccc(N=C2NC(=O)/C(=C/c3cc(Cl)c(OCc4cccc([N+](=O)[O-])c4)c(Br)c3)S2)cc1. The number of hydrogen-bond acceptors (Lipinski definition) is 6. The van der Waals surface area contributed by atoms with E-state index in [-0.39, 0.29) is 18.2 Å². The lowest BCUT2D eigenvalue weighted by atomic mass is 10.2. The fourth-order valence-electron chi connectivity index (χ4n) is 3.27. The number of aliphatic imine (C=N–C) groups is 1. The molecule has 0 atom stereocenters. The zero-order chi connectivity index (χ0) is 24.9. The third-order valence-electron chi connectivity index (χ3n) is 5.05. The van der Waals surface area contributed by atoms with Gasteiger partial charge in [-0.3, -0.25) is 14.9 Å². The van der Waals surface area contributed by atoms with E-state index >= 15 is 0 Å². The highest BCUT2D eigenvalue weighted by Gasteiger charge is 2.24. The summed E-state index contributed by atoms with van der Waals surface area (Å²) in [7, 11) is 0. The van der Waals surface area contributed by atoms with Gasteiger partial charge in [0.2, 0.25) is 0 Å². The molecule has 1 fully saturated rings. The maximum absolute atomic E-state index is 12.5. The number of aryl methyl sites for hydroxylation is 1. The first kappa shape index (κ1) is 25.0. The summed E-state index contributed by atoms with van der Waals surface area (Å²) >= 11 is 11.2. The van der Waals surface area contributed by atoms with E-state index in [1.165, 1.54) is 29.5 Å². The quantitative estimate of drug-likeness (QED) is 0.186. The molecule has 0 unspecified atom stereocenters. The molecule has 178 valence electrons. The van der Waals surface area contributed by atoms with Crippen molar-refractivity contribution in [2.24, 2.45) is 4.99 Å². The third-order valence-corrected chi connectivity index (χ3v) is 6.83. The second kappa shape index (κ2) is 11.1. The number of nitrogens with one attached hydrogen (secondary N) is 1. The van der Waals surface area contributed by atoms with Gasteiger partial charge in [-0.2, -0.15) is 0 Å². The molecule has 3 aromatic carbocycles. The van der Waals surface area contributed by atoms with Crippen LogP contribution in [0.2, 0.25) is 5.02 Å². The number of carbonyl (C=O) groups is 1. The highest BCUT2D eigenvalue weighted by molar-refractivity contribution is 9.10. The molecule has 0 spiro atoms. The van der Waals surface area contributed by atoms with E-state index in [4.69, 9.17) is 16.3 Å². The normalized spacial score (nSPS) is 15.5. The summed E-state index contributed by atoms with van der Waals surface area (Å²) in [6.07, 6.45) is 2.68. The van der Waals surface area contributed by atoms with Crippen molar-refractivity contribution in [2.75, 3.05) is 0 Å². The summed E-state index contributed by atoms with van der Waals surface area (Å²) in [5.41, 5.74) is 3.32. The zero-order valence-corrected chi connectivity index (χ0v) is 21.6. The van der Waals surface area contributed by atoms with Crippen molar-refractivity contribution in [3.63, 3.8) is 0 Å². The molecule has 4 rings (SSSR count). The van der Waals surface area contributed by atoms with Gasteiger partial charge in [-0.15, -0.1) is 0 Å². The number of ether oxygens (including phenoxy) is 1. The maximum atomic E-state index is 12.5. The van der Waals surface area contributed by atoms with Gasteiger partial charge in [0.1, 0.15) is 6.61 Å². The number of carbonyl (C=O) groups excluding carboxylic acids is 1. The zero-order valence-electron chi connectivity index (χ0n) is 18.5. The Kier molecular flexibility index (Phi) is 7.90. The van der Waals surface area contributed by atoms with Gasteiger partial charge in [-0.1, -0.05) is 42.8 Å². The fourth-order valence-corrected chi connectivity index (χ4v) is 5.10. The molecule has 35 heavy (non-hydrogen) atoms. The largest absolute Gasteiger partial charge is 0.486 e. The van der Waals surface area contributed by atoms with Crippen LogP contribution in [0.1, 0.15) is 23.6 Å². The van der Waals surface area contributed by atoms with Gasteiger partial charge in [0.05, 0.1) is 25.0 Å². The number of amidine groups is 1. The van der Waals surface area contributed by atoms with E-state index in [1.54, 1.807) is 30.3 Å². The molecule has 10 heteroatoms. The fraction of sp³-hybridized carbons (Fsp3) is 0.120. The topological polar surface area (TPSA) is 93.8 Å². The van der Waals surface area contributed by atoms with Crippen LogP contribution in [-0.2, 0) is 17.8 Å². The summed E-state index contributed by atoms with van der Waals surface area (Å²) in [5, 5.41) is 14.6. The number of nitrogens with zero attached hydrogens (tertiary/aromatic N) is 2. The summed E-state index contributed by atoms with van der Waals surface area (Å²) in [6, 6.07) is 17.6. The molecule has 1 aliphatic rings. The first-order valence-corrected chi connectivity index (χ1v) is 12.5. The number of halogens is 2. The predicted molar refractivity (Wildman–Crippen MR) is 143 cm³/mol. The van der Waals surface area contributed by atoms with Crippen LogP contribution in [-0.4, -0.2) is 16.0 Å². The molecular formula is C25H19BrClN3O4S. The Morgan fingerprint density at radius 3 is 2.63 bits per heavy atom. The third kappa shape index (κ3) is 6.30. The second-order valence-electron chi connectivity index (χ2n) is 7.53. The minimum Gasteiger partial charge on any atom is -0.486 e. The Hall–Kier alpha value is -3.14. The average molecular weight is 573 g/mol. The number of rotatable bonds is 7. The lowest BCUT2D eigenvalue weighted by molar-refractivity contribution is -0.384. The summed E-state index contributed by atoms with van der Waals surface area (Å²) < 4.78 is 6.40. The van der Waals surface area contributed by atoms with Crippen molar-refractivity contribution in [3.05, 3.63) is 102 Å². The number of thioether (sulfide) groups is 1. The highest BCUT2D eigenvalue weighted by Crippen LogP contribution is 2.37. The number of hydrogen-bond donors (Lipinski definition) is 1. The van der Waals surface area contributed by atoms with E-state index in [2.05, 4.69) is 33.2 Å². The monoisotopic (exact) mass is 571 g/mol. The number of amides is 1. The van der Waals surface area contributed by atoms with Crippen LogP contribution in [0.15, 0.2) is 75.0 Å². The lowest BCUT2D eigenvalue weighted by Gasteiger charge is -2.11. The predicted octanol–water partition coefficient (Wildman–Crippen LogP) is 7.04. The van der Waals surface area contributed by atoms with Gasteiger partial charge in [0.25, 0.3) is 11.6 Å². The molecule has 0 aromatic heterocycles. The van der Waals surface area contributed by atoms with Crippen LogP contribution in [0.5, 0.6) is 5.75 Å². The Labute approximate surface area is 219 Å². The Morgan fingerprint density at radius 1 is 1.17 bits per heavy atom. The van der Waals surface area contributed by atoms with E-state index < -0.39 is 4.92 Å². The van der Waals surface area contributed by atoms with Crippen LogP contribution in [0.3, 0.4) is 0 Å². The molecule has 3 aromatic rings. The summed E-state index contributed by atoms with van der Waals surface area (Å²) in [6.45, 7) is 2.20. The summed E-state index contributed by atoms with van der Waals surface area (Å²) in [4.78, 5) is 28.0. The molecule has 1 saturated heterocycles. The first-order chi connectivity index (χ1) is 16.8. The average Bonchev–Trinajstić information content (AvgIpc) is 3.17. The molecular weight excluding hydrogens is 554 g/mol. The van der Waals surface area contributed by atoms with Gasteiger partial charge in [0.15, 0.2) is 10.9 Å². The minimum atomic E-state index is -0.454. The Bertz CT molecular complexity index is 1340. The van der Waals surface area contributed by atoms with Crippen molar-refractivity contribution in [2.45, 2.75) is 20.0 Å². The number of benzene rings is 3. The highest BCUT2D eigenvalue weighted by atomic mass is 79.9. The van der Waals surface area contributed by atoms with Gasteiger partial charge >= 0.3 is 0 Å². The minimum absolute atomic E-state index is 0.00791. The second-order valence-corrected chi connectivity index (χ2v) is 9.82. The number of non-ortho nitro benzene ring substituents is 1. The first-order valence-electron chi connectivity index (χ1n) is 10.6. The molecule has 0 aliphatic carbocycles. The smallest absolute Gasteiger partial charge is 0.269 e. The van der Waals surface area contributed by atoms with E-state index in [9.17, 15) is 14.9 Å². The van der Waals surface area contributed by atoms with E-state index in [0.717, 1.165) is 12.1 Å². The molecule has 1 N–H and O–H groups in total. The molecule has 0 saturated carbocycles. The van der Waals surface area contributed by atoms with Gasteiger partial charge in [-0.05, 0) is 81.1 Å². The van der Waals surface area contributed by atoms with Gasteiger partial charge in [0, 0.05) is 12.1 Å². The van der Waals surface area contributed by atoms with Crippen molar-refractivity contribution >= 4 is 67.8 Å². The molecule has 0 radical (unpaired) electrons.